The second-order valence-electron chi connectivity index (χ2n) is 4.59. The van der Waals surface area contributed by atoms with Crippen LogP contribution in [0.15, 0.2) is 24.3 Å². The van der Waals surface area contributed by atoms with Gasteiger partial charge in [0.1, 0.15) is 5.82 Å². The van der Waals surface area contributed by atoms with Gasteiger partial charge in [-0.15, -0.1) is 0 Å². The highest BCUT2D eigenvalue weighted by Gasteiger charge is 2.20. The molecular weight excluding hydrogens is 235 g/mol. The number of hydrogen-bond donors (Lipinski definition) is 1. The van der Waals surface area contributed by atoms with E-state index in [9.17, 15) is 9.18 Å². The number of fused-ring (bicyclic) bond motifs is 3. The zero-order chi connectivity index (χ0) is 12.7. The zero-order valence-electron chi connectivity index (χ0n) is 9.77. The highest BCUT2D eigenvalue weighted by molar-refractivity contribution is 5.81. The van der Waals surface area contributed by atoms with Crippen molar-refractivity contribution in [3.8, 4) is 0 Å². The van der Waals surface area contributed by atoms with E-state index in [-0.39, 0.29) is 12.4 Å². The molecule has 5 heteroatoms. The van der Waals surface area contributed by atoms with Crippen molar-refractivity contribution in [2.45, 2.75) is 13.1 Å². The van der Waals surface area contributed by atoms with E-state index in [0.29, 0.717) is 19.6 Å². The maximum Gasteiger partial charge on any atom is 0.317 e. The van der Waals surface area contributed by atoms with Gasteiger partial charge in [0.15, 0.2) is 0 Å². The lowest BCUT2D eigenvalue weighted by atomic mass is 10.2. The molecule has 0 radical (unpaired) electrons. The van der Waals surface area contributed by atoms with Crippen LogP contribution in [0.5, 0.6) is 0 Å². The second-order valence-corrected chi connectivity index (χ2v) is 4.59. The van der Waals surface area contributed by atoms with E-state index < -0.39 is 5.97 Å². The molecule has 0 bridgehead atoms. The van der Waals surface area contributed by atoms with E-state index in [1.807, 2.05) is 11.0 Å². The highest BCUT2D eigenvalue weighted by Crippen LogP contribution is 2.24. The first-order chi connectivity index (χ1) is 8.63. The van der Waals surface area contributed by atoms with E-state index in [4.69, 9.17) is 5.11 Å². The number of rotatable bonds is 2. The molecule has 0 aliphatic carbocycles. The minimum Gasteiger partial charge on any atom is -0.480 e. The van der Waals surface area contributed by atoms with Gasteiger partial charge in [-0.05, 0) is 24.3 Å². The Kier molecular flexibility index (Phi) is 2.56. The molecule has 0 spiro atoms. The molecule has 0 unspecified atom stereocenters. The Labute approximate surface area is 103 Å². The molecule has 3 rings (SSSR count). The van der Waals surface area contributed by atoms with Gasteiger partial charge in [-0.2, -0.15) is 0 Å². The predicted octanol–water partition coefficient (Wildman–Crippen LogP) is 1.68. The van der Waals surface area contributed by atoms with Crippen LogP contribution in [0.1, 0.15) is 5.69 Å². The molecule has 1 N–H and O–H groups in total. The Morgan fingerprint density at radius 3 is 2.94 bits per heavy atom. The standard InChI is InChI=1S/C13H13FN2O2/c14-10-2-1-9-5-11-7-15(8-13(17)18)3-4-16(11)12(9)6-10/h1-2,5-6H,3-4,7-8H2,(H,17,18). The summed E-state index contributed by atoms with van der Waals surface area (Å²) >= 11 is 0. The Hall–Kier alpha value is -1.88. The molecule has 0 saturated heterocycles. The summed E-state index contributed by atoms with van der Waals surface area (Å²) in [5, 5.41) is 9.80. The molecule has 0 fully saturated rings. The van der Waals surface area contributed by atoms with Crippen LogP contribution < -0.4 is 0 Å². The number of nitrogens with zero attached hydrogens (tertiary/aromatic N) is 2. The third-order valence-corrected chi connectivity index (χ3v) is 3.34. The van der Waals surface area contributed by atoms with Gasteiger partial charge < -0.3 is 9.67 Å². The lowest BCUT2D eigenvalue weighted by molar-refractivity contribution is -0.138. The number of carbonyl (C=O) groups is 1. The highest BCUT2D eigenvalue weighted by atomic mass is 19.1. The fourth-order valence-electron chi connectivity index (χ4n) is 2.56. The van der Waals surface area contributed by atoms with Gasteiger partial charge in [-0.1, -0.05) is 0 Å². The van der Waals surface area contributed by atoms with Gasteiger partial charge in [0.2, 0.25) is 0 Å². The largest absolute Gasteiger partial charge is 0.480 e. The molecule has 0 amide bonds. The van der Waals surface area contributed by atoms with Gasteiger partial charge in [-0.25, -0.2) is 4.39 Å². The fourth-order valence-corrected chi connectivity index (χ4v) is 2.56. The SMILES string of the molecule is O=C(O)CN1CCn2c(cc3ccc(F)cc32)C1. The number of carboxylic acids is 1. The lowest BCUT2D eigenvalue weighted by Gasteiger charge is -2.27. The molecule has 1 aliphatic rings. The van der Waals surface area contributed by atoms with Crippen LogP contribution in [-0.2, 0) is 17.9 Å². The average molecular weight is 248 g/mol. The smallest absolute Gasteiger partial charge is 0.317 e. The third-order valence-electron chi connectivity index (χ3n) is 3.34. The molecule has 1 aromatic heterocycles. The summed E-state index contributed by atoms with van der Waals surface area (Å²) in [5.41, 5.74) is 1.93. The maximum absolute atomic E-state index is 13.2. The predicted molar refractivity (Wildman–Crippen MR) is 64.8 cm³/mol. The number of aromatic nitrogens is 1. The number of benzene rings is 1. The van der Waals surface area contributed by atoms with Crippen LogP contribution in [0, 0.1) is 5.82 Å². The summed E-state index contributed by atoms with van der Waals surface area (Å²) in [6.07, 6.45) is 0. The summed E-state index contributed by atoms with van der Waals surface area (Å²) in [5.74, 6) is -1.05. The molecule has 1 aliphatic heterocycles. The minimum atomic E-state index is -0.814. The molecule has 1 aromatic carbocycles. The molecule has 4 nitrogen and oxygen atoms in total. The van der Waals surface area contributed by atoms with Crippen LogP contribution in [0.3, 0.4) is 0 Å². The van der Waals surface area contributed by atoms with Gasteiger partial charge in [0.05, 0.1) is 12.1 Å². The molecule has 0 saturated carbocycles. The first kappa shape index (κ1) is 11.2. The summed E-state index contributed by atoms with van der Waals surface area (Å²) in [7, 11) is 0. The van der Waals surface area contributed by atoms with Gasteiger partial charge >= 0.3 is 5.97 Å². The van der Waals surface area contributed by atoms with Crippen molar-refractivity contribution in [1.29, 1.82) is 0 Å². The second kappa shape index (κ2) is 4.10. The van der Waals surface area contributed by atoms with Crippen molar-refractivity contribution in [3.05, 3.63) is 35.8 Å². The lowest BCUT2D eigenvalue weighted by Crippen LogP contribution is -2.36. The van der Waals surface area contributed by atoms with Crippen LogP contribution in [-0.4, -0.2) is 33.6 Å². The molecule has 94 valence electrons. The summed E-state index contributed by atoms with van der Waals surface area (Å²) in [4.78, 5) is 12.6. The van der Waals surface area contributed by atoms with Gasteiger partial charge in [0, 0.05) is 30.7 Å². The molecular formula is C13H13FN2O2. The fraction of sp³-hybridized carbons (Fsp3) is 0.308. The summed E-state index contributed by atoms with van der Waals surface area (Å²) < 4.78 is 15.3. The van der Waals surface area contributed by atoms with Crippen molar-refractivity contribution in [3.63, 3.8) is 0 Å². The number of halogens is 1. The molecule has 2 heterocycles. The monoisotopic (exact) mass is 248 g/mol. The first-order valence-electron chi connectivity index (χ1n) is 5.85. The normalized spacial score (nSPS) is 15.8. The van der Waals surface area contributed by atoms with Crippen LogP contribution >= 0.6 is 0 Å². The number of hydrogen-bond acceptors (Lipinski definition) is 2. The van der Waals surface area contributed by atoms with Crippen molar-refractivity contribution < 1.29 is 14.3 Å². The van der Waals surface area contributed by atoms with E-state index in [2.05, 4.69) is 4.57 Å². The Bertz CT molecular complexity index is 621. The van der Waals surface area contributed by atoms with Crippen LogP contribution in [0.2, 0.25) is 0 Å². The molecule has 18 heavy (non-hydrogen) atoms. The average Bonchev–Trinajstić information content (AvgIpc) is 2.65. The Morgan fingerprint density at radius 1 is 1.33 bits per heavy atom. The summed E-state index contributed by atoms with van der Waals surface area (Å²) in [6, 6.07) is 6.75. The van der Waals surface area contributed by atoms with Gasteiger partial charge in [-0.3, -0.25) is 9.69 Å². The van der Waals surface area contributed by atoms with Crippen LogP contribution in [0.25, 0.3) is 10.9 Å². The molecule has 0 atom stereocenters. The maximum atomic E-state index is 13.2. The van der Waals surface area contributed by atoms with Gasteiger partial charge in [0.25, 0.3) is 0 Å². The Morgan fingerprint density at radius 2 is 2.17 bits per heavy atom. The van der Waals surface area contributed by atoms with E-state index in [1.54, 1.807) is 6.07 Å². The van der Waals surface area contributed by atoms with Crippen molar-refractivity contribution in [2.24, 2.45) is 0 Å². The summed E-state index contributed by atoms with van der Waals surface area (Å²) in [6.45, 7) is 2.04. The minimum absolute atomic E-state index is 0.0515. The zero-order valence-corrected chi connectivity index (χ0v) is 9.77. The first-order valence-corrected chi connectivity index (χ1v) is 5.85. The third kappa shape index (κ3) is 1.86. The molecule has 2 aromatic rings. The topological polar surface area (TPSA) is 45.5 Å². The van der Waals surface area contributed by atoms with Crippen molar-refractivity contribution >= 4 is 16.9 Å². The van der Waals surface area contributed by atoms with Crippen LogP contribution in [0.4, 0.5) is 4.39 Å². The van der Waals surface area contributed by atoms with Crippen molar-refractivity contribution in [1.82, 2.24) is 9.47 Å². The van der Waals surface area contributed by atoms with E-state index in [1.165, 1.54) is 12.1 Å². The van der Waals surface area contributed by atoms with Crippen molar-refractivity contribution in [2.75, 3.05) is 13.1 Å². The number of aliphatic carboxylic acids is 1. The van der Waals surface area contributed by atoms with E-state index >= 15 is 0 Å². The quantitative estimate of drug-likeness (QED) is 0.879. The number of carboxylic acid groups (broad SMARTS) is 1. The Balaban J connectivity index is 1.97. The van der Waals surface area contributed by atoms with E-state index in [0.717, 1.165) is 16.6 Å².